The molecule has 0 aliphatic rings. The van der Waals surface area contributed by atoms with Gasteiger partial charge in [-0.05, 0) is 51.0 Å². The number of aromatic nitrogens is 2. The molecule has 0 unspecified atom stereocenters. The summed E-state index contributed by atoms with van der Waals surface area (Å²) >= 11 is 1.64. The SMILES string of the molecule is Cc1cc(SCc2ccccc2)c2c(c1)c(CO)nn2C(=O)OC(C)(C)C. The summed E-state index contributed by atoms with van der Waals surface area (Å²) in [5.74, 6) is 0.771. The second-order valence-corrected chi connectivity index (χ2v) is 8.45. The third-order valence-corrected chi connectivity index (χ3v) is 5.02. The van der Waals surface area contributed by atoms with Gasteiger partial charge in [0.15, 0.2) is 0 Å². The van der Waals surface area contributed by atoms with Gasteiger partial charge in [-0.2, -0.15) is 9.78 Å². The summed E-state index contributed by atoms with van der Waals surface area (Å²) in [5.41, 5.74) is 2.77. The normalized spacial score (nSPS) is 11.7. The van der Waals surface area contributed by atoms with Crippen LogP contribution in [0.3, 0.4) is 0 Å². The molecule has 3 rings (SSSR count). The summed E-state index contributed by atoms with van der Waals surface area (Å²) in [7, 11) is 0. The number of aryl methyl sites for hydroxylation is 1. The number of aliphatic hydroxyl groups excluding tert-OH is 1. The number of aliphatic hydroxyl groups is 1. The minimum Gasteiger partial charge on any atom is -0.442 e. The molecule has 0 bridgehead atoms. The Balaban J connectivity index is 2.06. The molecule has 5 nitrogen and oxygen atoms in total. The Kier molecular flexibility index (Phi) is 5.58. The number of ether oxygens (including phenoxy) is 1. The van der Waals surface area contributed by atoms with Crippen LogP contribution in [0.25, 0.3) is 10.9 Å². The first-order valence-corrected chi connectivity index (χ1v) is 9.80. The predicted octanol–water partition coefficient (Wildman–Crippen LogP) is 4.91. The fraction of sp³-hybridized carbons (Fsp3) is 0.333. The van der Waals surface area contributed by atoms with Crippen LogP contribution in [-0.4, -0.2) is 26.6 Å². The summed E-state index contributed by atoms with van der Waals surface area (Å²) in [4.78, 5) is 13.6. The van der Waals surface area contributed by atoms with E-state index in [-0.39, 0.29) is 6.61 Å². The van der Waals surface area contributed by atoms with Crippen LogP contribution in [0.15, 0.2) is 47.4 Å². The van der Waals surface area contributed by atoms with Crippen molar-refractivity contribution in [2.24, 2.45) is 0 Å². The molecule has 0 spiro atoms. The van der Waals surface area contributed by atoms with Crippen LogP contribution in [0.4, 0.5) is 4.79 Å². The van der Waals surface area contributed by atoms with Gasteiger partial charge in [-0.1, -0.05) is 30.3 Å². The highest BCUT2D eigenvalue weighted by Crippen LogP contribution is 2.34. The molecule has 6 heteroatoms. The molecule has 0 aliphatic carbocycles. The van der Waals surface area contributed by atoms with Gasteiger partial charge < -0.3 is 9.84 Å². The standard InChI is InChI=1S/C21H24N2O3S/c1-14-10-16-17(12-24)22-23(20(25)26-21(2,3)4)19(16)18(11-14)27-13-15-8-6-5-7-9-15/h5-11,24H,12-13H2,1-4H3. The van der Waals surface area contributed by atoms with E-state index in [1.165, 1.54) is 10.2 Å². The van der Waals surface area contributed by atoms with Gasteiger partial charge in [0.25, 0.3) is 0 Å². The van der Waals surface area contributed by atoms with Crippen LogP contribution in [0.1, 0.15) is 37.6 Å². The Labute approximate surface area is 163 Å². The van der Waals surface area contributed by atoms with Gasteiger partial charge in [-0.15, -0.1) is 11.8 Å². The van der Waals surface area contributed by atoms with Gasteiger partial charge in [0.05, 0.1) is 17.8 Å². The number of carbonyl (C=O) groups excluding carboxylic acids is 1. The third kappa shape index (κ3) is 4.51. The lowest BCUT2D eigenvalue weighted by Gasteiger charge is -2.19. The van der Waals surface area contributed by atoms with E-state index in [0.29, 0.717) is 11.2 Å². The number of rotatable bonds is 4. The van der Waals surface area contributed by atoms with Gasteiger partial charge >= 0.3 is 6.09 Å². The Morgan fingerprint density at radius 3 is 2.56 bits per heavy atom. The highest BCUT2D eigenvalue weighted by atomic mass is 32.2. The number of fused-ring (bicyclic) bond motifs is 1. The van der Waals surface area contributed by atoms with E-state index in [0.717, 1.165) is 21.6 Å². The molecule has 0 radical (unpaired) electrons. The van der Waals surface area contributed by atoms with E-state index in [9.17, 15) is 9.90 Å². The van der Waals surface area contributed by atoms with Crippen molar-refractivity contribution < 1.29 is 14.6 Å². The molecule has 0 saturated heterocycles. The molecule has 2 aromatic carbocycles. The molecule has 3 aromatic rings. The minimum atomic E-state index is -0.628. The predicted molar refractivity (Wildman–Crippen MR) is 108 cm³/mol. The Hall–Kier alpha value is -2.31. The van der Waals surface area contributed by atoms with Crippen molar-refractivity contribution in [3.05, 3.63) is 59.3 Å². The van der Waals surface area contributed by atoms with E-state index in [2.05, 4.69) is 17.2 Å². The number of hydrogen-bond donors (Lipinski definition) is 1. The molecule has 1 heterocycles. The highest BCUT2D eigenvalue weighted by Gasteiger charge is 2.24. The van der Waals surface area contributed by atoms with Crippen LogP contribution in [0.2, 0.25) is 0 Å². The van der Waals surface area contributed by atoms with Gasteiger partial charge in [-0.25, -0.2) is 4.79 Å². The van der Waals surface area contributed by atoms with E-state index in [1.807, 2.05) is 58.0 Å². The van der Waals surface area contributed by atoms with E-state index in [1.54, 1.807) is 11.8 Å². The van der Waals surface area contributed by atoms with Crippen molar-refractivity contribution in [3.8, 4) is 0 Å². The lowest BCUT2D eigenvalue weighted by Crippen LogP contribution is -2.27. The average Bonchev–Trinajstić information content (AvgIpc) is 2.98. The van der Waals surface area contributed by atoms with Crippen LogP contribution in [0.5, 0.6) is 0 Å². The fourth-order valence-electron chi connectivity index (χ4n) is 2.81. The zero-order chi connectivity index (χ0) is 19.6. The summed E-state index contributed by atoms with van der Waals surface area (Å²) < 4.78 is 6.79. The first-order valence-electron chi connectivity index (χ1n) is 8.81. The van der Waals surface area contributed by atoms with Crippen molar-refractivity contribution in [1.82, 2.24) is 9.78 Å². The topological polar surface area (TPSA) is 64.4 Å². The van der Waals surface area contributed by atoms with Gasteiger partial charge in [0.2, 0.25) is 0 Å². The van der Waals surface area contributed by atoms with Gasteiger partial charge in [0.1, 0.15) is 5.60 Å². The molecule has 0 fully saturated rings. The molecular formula is C21H24N2O3S. The summed E-state index contributed by atoms with van der Waals surface area (Å²) in [5, 5.41) is 14.8. The van der Waals surface area contributed by atoms with E-state index >= 15 is 0 Å². The summed E-state index contributed by atoms with van der Waals surface area (Å²) in [6.45, 7) is 7.22. The van der Waals surface area contributed by atoms with Gasteiger partial charge in [0, 0.05) is 16.0 Å². The lowest BCUT2D eigenvalue weighted by atomic mass is 10.1. The Morgan fingerprint density at radius 2 is 1.93 bits per heavy atom. The van der Waals surface area contributed by atoms with Crippen molar-refractivity contribution in [2.75, 3.05) is 0 Å². The second-order valence-electron chi connectivity index (χ2n) is 7.43. The van der Waals surface area contributed by atoms with Crippen molar-refractivity contribution in [2.45, 2.75) is 50.6 Å². The largest absolute Gasteiger partial charge is 0.442 e. The average molecular weight is 385 g/mol. The lowest BCUT2D eigenvalue weighted by molar-refractivity contribution is 0.0520. The van der Waals surface area contributed by atoms with Gasteiger partial charge in [-0.3, -0.25) is 0 Å². The smallest absolute Gasteiger partial charge is 0.435 e. The Morgan fingerprint density at radius 1 is 1.22 bits per heavy atom. The molecule has 1 aromatic heterocycles. The van der Waals surface area contributed by atoms with E-state index < -0.39 is 11.7 Å². The summed E-state index contributed by atoms with van der Waals surface area (Å²) in [6.07, 6.45) is -0.544. The maximum Gasteiger partial charge on any atom is 0.435 e. The first-order chi connectivity index (χ1) is 12.8. The van der Waals surface area contributed by atoms with Crippen LogP contribution in [0, 0.1) is 6.92 Å². The zero-order valence-electron chi connectivity index (χ0n) is 16.0. The molecule has 0 aliphatic heterocycles. The van der Waals surface area contributed by atoms with Crippen molar-refractivity contribution >= 4 is 28.8 Å². The maximum atomic E-state index is 12.7. The Bertz CT molecular complexity index is 959. The van der Waals surface area contributed by atoms with Crippen LogP contribution in [-0.2, 0) is 17.1 Å². The molecule has 0 amide bonds. The maximum absolute atomic E-state index is 12.7. The highest BCUT2D eigenvalue weighted by molar-refractivity contribution is 7.98. The van der Waals surface area contributed by atoms with Crippen LogP contribution >= 0.6 is 11.8 Å². The van der Waals surface area contributed by atoms with Crippen molar-refractivity contribution in [3.63, 3.8) is 0 Å². The number of nitrogens with zero attached hydrogens (tertiary/aromatic N) is 2. The summed E-state index contributed by atoms with van der Waals surface area (Å²) in [6, 6.07) is 14.1. The number of benzene rings is 2. The van der Waals surface area contributed by atoms with Crippen molar-refractivity contribution in [1.29, 1.82) is 0 Å². The minimum absolute atomic E-state index is 0.238. The fourth-order valence-corrected chi connectivity index (χ4v) is 3.93. The number of carbonyl (C=O) groups is 1. The van der Waals surface area contributed by atoms with Crippen LogP contribution < -0.4 is 0 Å². The quantitative estimate of drug-likeness (QED) is 0.647. The molecule has 1 N–H and O–H groups in total. The molecule has 0 atom stereocenters. The molecule has 142 valence electrons. The second kappa shape index (κ2) is 7.74. The zero-order valence-corrected chi connectivity index (χ0v) is 16.8. The molecular weight excluding hydrogens is 360 g/mol. The number of hydrogen-bond acceptors (Lipinski definition) is 5. The monoisotopic (exact) mass is 384 g/mol. The molecule has 0 saturated carbocycles. The molecule has 27 heavy (non-hydrogen) atoms. The first kappa shape index (κ1) is 19.5. The number of thioether (sulfide) groups is 1. The van der Waals surface area contributed by atoms with E-state index in [4.69, 9.17) is 4.74 Å². The third-order valence-electron chi connectivity index (χ3n) is 3.92.